The van der Waals surface area contributed by atoms with E-state index in [1.807, 2.05) is 32.6 Å². The van der Waals surface area contributed by atoms with Crippen molar-refractivity contribution in [2.75, 3.05) is 13.1 Å². The van der Waals surface area contributed by atoms with Crippen molar-refractivity contribution in [1.29, 1.82) is 0 Å². The summed E-state index contributed by atoms with van der Waals surface area (Å²) in [6.45, 7) is 12.4. The lowest BCUT2D eigenvalue weighted by Crippen LogP contribution is -2.45. The van der Waals surface area contributed by atoms with Gasteiger partial charge >= 0.3 is 29.8 Å². The van der Waals surface area contributed by atoms with Crippen LogP contribution in [0, 0.1) is 26.2 Å². The van der Waals surface area contributed by atoms with Gasteiger partial charge in [0, 0.05) is 6.54 Å². The number of rotatable bonds is 9. The fraction of sp³-hybridized carbons (Fsp3) is 0.424. The second-order valence-corrected chi connectivity index (χ2v) is 11.6. The second kappa shape index (κ2) is 15.2. The topological polar surface area (TPSA) is 157 Å². The molecule has 2 aromatic rings. The molecule has 0 bridgehead atoms. The van der Waals surface area contributed by atoms with E-state index in [2.05, 4.69) is 5.92 Å². The highest BCUT2D eigenvalue weighted by molar-refractivity contribution is 5.95. The highest BCUT2D eigenvalue weighted by atomic mass is 16.6. The molecule has 3 rings (SSSR count). The first-order chi connectivity index (χ1) is 20.5. The molecule has 1 heterocycles. The maximum absolute atomic E-state index is 12.2. The number of carbonyl (C=O) groups excluding carboxylic acids is 3. The minimum atomic E-state index is -2.22. The van der Waals surface area contributed by atoms with E-state index in [1.165, 1.54) is 24.3 Å². The number of aliphatic carboxylic acids is 2. The molecule has 1 aliphatic heterocycles. The van der Waals surface area contributed by atoms with E-state index in [0.717, 1.165) is 30.5 Å². The van der Waals surface area contributed by atoms with Gasteiger partial charge in [0.2, 0.25) is 12.2 Å². The Hall–Kier alpha value is -4.69. The number of ether oxygens (including phenoxy) is 3. The Bertz CT molecular complexity index is 1310. The van der Waals surface area contributed by atoms with Crippen molar-refractivity contribution in [3.05, 3.63) is 70.8 Å². The first-order valence-corrected chi connectivity index (χ1v) is 13.9. The summed E-state index contributed by atoms with van der Waals surface area (Å²) in [7, 11) is 0. The molecule has 1 saturated heterocycles. The van der Waals surface area contributed by atoms with Crippen molar-refractivity contribution in [2.24, 2.45) is 0 Å². The quantitative estimate of drug-likeness (QED) is 0.240. The predicted octanol–water partition coefficient (Wildman–Crippen LogP) is 4.04. The molecule has 236 valence electrons. The number of esters is 3. The molecule has 0 amide bonds. The highest BCUT2D eigenvalue weighted by Gasteiger charge is 2.41. The SMILES string of the molecule is C#C[C@]1(C)CCCN1CC(=O)OC(C)(C)C.Cc1ccc(C(=O)O[C@H](C(=O)O)[C@H](OC(=O)c2ccc(C)cc2)C(=O)O)cc1. The summed E-state index contributed by atoms with van der Waals surface area (Å²) in [5.41, 5.74) is 1.08. The fourth-order valence-electron chi connectivity index (χ4n) is 4.20. The number of hydrogen-bond acceptors (Lipinski definition) is 9. The van der Waals surface area contributed by atoms with E-state index in [0.29, 0.717) is 0 Å². The van der Waals surface area contributed by atoms with E-state index in [9.17, 15) is 34.2 Å². The molecule has 0 unspecified atom stereocenters. The molecule has 0 aromatic heterocycles. The van der Waals surface area contributed by atoms with Crippen LogP contribution in [0.3, 0.4) is 0 Å². The van der Waals surface area contributed by atoms with Gasteiger partial charge in [-0.3, -0.25) is 9.69 Å². The van der Waals surface area contributed by atoms with Crippen LogP contribution in [0.2, 0.25) is 0 Å². The van der Waals surface area contributed by atoms with Gasteiger partial charge in [-0.15, -0.1) is 6.42 Å². The summed E-state index contributed by atoms with van der Waals surface area (Å²) in [6.07, 6.45) is 3.07. The van der Waals surface area contributed by atoms with Gasteiger partial charge in [-0.2, -0.15) is 0 Å². The Morgan fingerprint density at radius 1 is 0.864 bits per heavy atom. The molecule has 11 nitrogen and oxygen atoms in total. The molecule has 1 fully saturated rings. The summed E-state index contributed by atoms with van der Waals surface area (Å²) >= 11 is 0. The van der Waals surface area contributed by atoms with Crippen LogP contribution in [0.5, 0.6) is 0 Å². The number of carbonyl (C=O) groups is 5. The number of terminal acetylenes is 1. The zero-order valence-electron chi connectivity index (χ0n) is 25.8. The third-order valence-electron chi connectivity index (χ3n) is 6.64. The Labute approximate surface area is 257 Å². The zero-order chi connectivity index (χ0) is 33.2. The summed E-state index contributed by atoms with van der Waals surface area (Å²) in [5, 5.41) is 18.6. The predicted molar refractivity (Wildman–Crippen MR) is 160 cm³/mol. The summed E-state index contributed by atoms with van der Waals surface area (Å²) in [6, 6.07) is 12.1. The van der Waals surface area contributed by atoms with Crippen LogP contribution in [0.4, 0.5) is 0 Å². The molecular weight excluding hydrogens is 570 g/mol. The first kappa shape index (κ1) is 35.5. The third-order valence-corrected chi connectivity index (χ3v) is 6.64. The van der Waals surface area contributed by atoms with Crippen LogP contribution in [-0.2, 0) is 28.6 Å². The van der Waals surface area contributed by atoms with E-state index in [4.69, 9.17) is 20.6 Å². The van der Waals surface area contributed by atoms with Crippen LogP contribution in [-0.4, -0.2) is 81.4 Å². The van der Waals surface area contributed by atoms with Crippen molar-refractivity contribution >= 4 is 29.8 Å². The number of carboxylic acid groups (broad SMARTS) is 2. The molecule has 0 aliphatic carbocycles. The smallest absolute Gasteiger partial charge is 0.349 e. The van der Waals surface area contributed by atoms with Gasteiger partial charge in [-0.25, -0.2) is 19.2 Å². The Kier molecular flexibility index (Phi) is 12.2. The molecule has 0 spiro atoms. The van der Waals surface area contributed by atoms with Gasteiger partial charge in [0.25, 0.3) is 0 Å². The summed E-state index contributed by atoms with van der Waals surface area (Å²) in [4.78, 5) is 61.1. The standard InChI is InChI=1S/C20H18O8.C13H21NO2/c1-11-3-7-13(8-4-11)19(25)27-15(17(21)22)16(18(23)24)28-20(26)14-9-5-12(2)6-10-14;1-6-13(5)8-7-9-14(13)10-11(15)16-12(2,3)4/h3-10,15-16H,1-2H3,(H,21,22)(H,23,24);1H,7-10H2,2-5H3/t15-,16-;13-/m01/s1. The number of likely N-dealkylation sites (tertiary alicyclic amines) is 1. The van der Waals surface area contributed by atoms with Gasteiger partial charge in [-0.05, 0) is 78.6 Å². The normalized spacial score (nSPS) is 17.6. The molecule has 11 heteroatoms. The average Bonchev–Trinajstić information content (AvgIpc) is 3.30. The molecule has 2 N–H and O–H groups in total. The van der Waals surface area contributed by atoms with Gasteiger partial charge in [0.05, 0.1) is 23.2 Å². The summed E-state index contributed by atoms with van der Waals surface area (Å²) < 4.78 is 14.9. The van der Waals surface area contributed by atoms with Gasteiger partial charge in [0.15, 0.2) is 0 Å². The number of benzene rings is 2. The maximum Gasteiger partial charge on any atom is 0.349 e. The van der Waals surface area contributed by atoms with Crippen LogP contribution < -0.4 is 0 Å². The number of aryl methyl sites for hydroxylation is 2. The van der Waals surface area contributed by atoms with Crippen molar-refractivity contribution < 1.29 is 48.4 Å². The zero-order valence-corrected chi connectivity index (χ0v) is 25.8. The molecule has 0 radical (unpaired) electrons. The van der Waals surface area contributed by atoms with E-state index >= 15 is 0 Å². The number of nitrogens with zero attached hydrogens (tertiary/aromatic N) is 1. The lowest BCUT2D eigenvalue weighted by molar-refractivity contribution is -0.166. The lowest BCUT2D eigenvalue weighted by atomic mass is 10.0. The van der Waals surface area contributed by atoms with Crippen LogP contribution >= 0.6 is 0 Å². The monoisotopic (exact) mass is 609 g/mol. The van der Waals surface area contributed by atoms with Crippen LogP contribution in [0.1, 0.15) is 72.4 Å². The minimum absolute atomic E-state index is 0.0332. The summed E-state index contributed by atoms with van der Waals surface area (Å²) in [5.74, 6) is -3.04. The Morgan fingerprint density at radius 3 is 1.61 bits per heavy atom. The molecule has 3 atom stereocenters. The van der Waals surface area contributed by atoms with E-state index < -0.39 is 41.7 Å². The first-order valence-electron chi connectivity index (χ1n) is 13.9. The molecular formula is C33H39NO10. The van der Waals surface area contributed by atoms with Gasteiger partial charge < -0.3 is 24.4 Å². The van der Waals surface area contributed by atoms with E-state index in [1.54, 1.807) is 38.1 Å². The molecule has 2 aromatic carbocycles. The van der Waals surface area contributed by atoms with Crippen molar-refractivity contribution in [3.8, 4) is 12.3 Å². The third kappa shape index (κ3) is 10.5. The molecule has 0 saturated carbocycles. The maximum atomic E-state index is 12.2. The van der Waals surface area contributed by atoms with Crippen LogP contribution in [0.25, 0.3) is 0 Å². The Morgan fingerprint density at radius 2 is 1.27 bits per heavy atom. The van der Waals surface area contributed by atoms with Crippen molar-refractivity contribution in [2.45, 2.75) is 77.7 Å². The number of carboxylic acids is 2. The van der Waals surface area contributed by atoms with Gasteiger partial charge in [-0.1, -0.05) is 41.3 Å². The highest BCUT2D eigenvalue weighted by Crippen LogP contribution is 2.28. The Balaban J connectivity index is 0.000000358. The van der Waals surface area contributed by atoms with Gasteiger partial charge in [0.1, 0.15) is 5.60 Å². The van der Waals surface area contributed by atoms with E-state index in [-0.39, 0.29) is 29.2 Å². The average molecular weight is 610 g/mol. The van der Waals surface area contributed by atoms with Crippen molar-refractivity contribution in [1.82, 2.24) is 4.90 Å². The second-order valence-electron chi connectivity index (χ2n) is 11.6. The minimum Gasteiger partial charge on any atom is -0.478 e. The van der Waals surface area contributed by atoms with Crippen molar-refractivity contribution in [3.63, 3.8) is 0 Å². The molecule has 1 aliphatic rings. The fourth-order valence-corrected chi connectivity index (χ4v) is 4.20. The number of hydrogen-bond donors (Lipinski definition) is 2. The lowest BCUT2D eigenvalue weighted by Gasteiger charge is -2.30. The van der Waals surface area contributed by atoms with Crippen LogP contribution in [0.15, 0.2) is 48.5 Å². The molecule has 44 heavy (non-hydrogen) atoms. The largest absolute Gasteiger partial charge is 0.478 e.